The molecule has 1 aromatic carbocycles. The zero-order chi connectivity index (χ0) is 21.8. The van der Waals surface area contributed by atoms with Gasteiger partial charge < -0.3 is 0 Å². The van der Waals surface area contributed by atoms with E-state index in [-0.39, 0.29) is 5.91 Å². The van der Waals surface area contributed by atoms with Crippen molar-refractivity contribution in [1.82, 2.24) is 24.7 Å². The maximum absolute atomic E-state index is 12.6. The number of H-pyrrole nitrogens is 1. The summed E-state index contributed by atoms with van der Waals surface area (Å²) in [6, 6.07) is 8.24. The molecule has 3 aromatic heterocycles. The van der Waals surface area contributed by atoms with Crippen LogP contribution >= 0.6 is 34.9 Å². The molecular weight excluding hydrogens is 448 g/mol. The molecule has 158 valence electrons. The highest BCUT2D eigenvalue weighted by molar-refractivity contribution is 7.71. The van der Waals surface area contributed by atoms with Gasteiger partial charge in [0.15, 0.2) is 9.90 Å². The van der Waals surface area contributed by atoms with Gasteiger partial charge in [-0.25, -0.2) is 9.97 Å². The standard InChI is InChI=1S/C21H20N6OS3/c1-3-9-27-17(25-26-21(27)29)10-15-11-31-20(22-15)24-18(28)16-12-30-19(23-16)14-7-5-13(4-2)6-8-14/h3,5-8,11-12H,1,4,9-10H2,2H3,(H,26,29)(H,22,24,28). The average molecular weight is 469 g/mol. The summed E-state index contributed by atoms with van der Waals surface area (Å²) in [5, 5.41) is 14.9. The van der Waals surface area contributed by atoms with Crippen LogP contribution in [0.1, 0.15) is 34.5 Å². The Bertz CT molecular complexity index is 1260. The van der Waals surface area contributed by atoms with Crippen LogP contribution in [-0.4, -0.2) is 30.6 Å². The molecule has 0 fully saturated rings. The minimum absolute atomic E-state index is 0.275. The third-order valence-corrected chi connectivity index (χ3v) is 6.62. The predicted octanol–water partition coefficient (Wildman–Crippen LogP) is 5.11. The molecule has 10 heteroatoms. The SMILES string of the molecule is C=CCn1c(Cc2csc(NC(=O)c3csc(-c4ccc(CC)cc4)n3)n2)n[nH]c1=S. The molecule has 7 nitrogen and oxygen atoms in total. The Kier molecular flexibility index (Phi) is 6.50. The zero-order valence-corrected chi connectivity index (χ0v) is 19.2. The van der Waals surface area contributed by atoms with Crippen LogP contribution in [0.3, 0.4) is 0 Å². The van der Waals surface area contributed by atoms with Crippen molar-refractivity contribution in [3.8, 4) is 10.6 Å². The van der Waals surface area contributed by atoms with E-state index < -0.39 is 0 Å². The Hall–Kier alpha value is -2.95. The number of aromatic nitrogens is 5. The summed E-state index contributed by atoms with van der Waals surface area (Å²) < 4.78 is 2.41. The van der Waals surface area contributed by atoms with Crippen LogP contribution < -0.4 is 5.32 Å². The molecule has 3 heterocycles. The molecule has 0 spiro atoms. The molecule has 0 unspecified atom stereocenters. The molecule has 4 aromatic rings. The lowest BCUT2D eigenvalue weighted by atomic mass is 10.1. The number of nitrogens with zero attached hydrogens (tertiary/aromatic N) is 4. The number of allylic oxidation sites excluding steroid dienone is 1. The largest absolute Gasteiger partial charge is 0.300 e. The van der Waals surface area contributed by atoms with Gasteiger partial charge in [0.05, 0.1) is 12.1 Å². The molecule has 2 N–H and O–H groups in total. The quantitative estimate of drug-likeness (QED) is 0.277. The van der Waals surface area contributed by atoms with Gasteiger partial charge in [-0.3, -0.25) is 19.8 Å². The van der Waals surface area contributed by atoms with Crippen LogP contribution in [0.2, 0.25) is 0 Å². The summed E-state index contributed by atoms with van der Waals surface area (Å²) in [5.74, 6) is 0.495. The molecule has 0 atom stereocenters. The van der Waals surface area contributed by atoms with E-state index in [1.807, 2.05) is 22.1 Å². The number of thiazole rings is 2. The Morgan fingerprint density at radius 2 is 2.06 bits per heavy atom. The highest BCUT2D eigenvalue weighted by atomic mass is 32.1. The summed E-state index contributed by atoms with van der Waals surface area (Å²) >= 11 is 8.05. The Morgan fingerprint density at radius 1 is 1.26 bits per heavy atom. The fourth-order valence-electron chi connectivity index (χ4n) is 2.96. The first kappa shape index (κ1) is 21.3. The van der Waals surface area contributed by atoms with Crippen LogP contribution in [-0.2, 0) is 19.4 Å². The van der Waals surface area contributed by atoms with Gasteiger partial charge >= 0.3 is 0 Å². The Balaban J connectivity index is 1.43. The number of carbonyl (C=O) groups excluding carboxylic acids is 1. The minimum atomic E-state index is -0.275. The number of benzene rings is 1. The summed E-state index contributed by atoms with van der Waals surface area (Å²) in [6.07, 6.45) is 3.26. The average Bonchev–Trinajstić information content (AvgIpc) is 3.51. The van der Waals surface area contributed by atoms with Gasteiger partial charge in [0.2, 0.25) is 0 Å². The molecule has 0 aliphatic heterocycles. The molecule has 0 saturated heterocycles. The summed E-state index contributed by atoms with van der Waals surface area (Å²) in [7, 11) is 0. The van der Waals surface area contributed by atoms with Crippen molar-refractivity contribution in [1.29, 1.82) is 0 Å². The number of rotatable bonds is 8. The molecule has 0 radical (unpaired) electrons. The summed E-state index contributed by atoms with van der Waals surface area (Å²) in [6.45, 7) is 6.44. The molecule has 31 heavy (non-hydrogen) atoms. The van der Waals surface area contributed by atoms with E-state index in [4.69, 9.17) is 12.2 Å². The van der Waals surface area contributed by atoms with Crippen LogP contribution in [0.25, 0.3) is 10.6 Å². The molecule has 4 rings (SSSR count). The van der Waals surface area contributed by atoms with Crippen molar-refractivity contribution in [2.75, 3.05) is 5.32 Å². The third-order valence-electron chi connectivity index (χ3n) is 4.61. The molecule has 0 saturated carbocycles. The molecule has 1 amide bonds. The van der Waals surface area contributed by atoms with Crippen molar-refractivity contribution < 1.29 is 4.79 Å². The molecular formula is C21H20N6OS3. The van der Waals surface area contributed by atoms with E-state index in [9.17, 15) is 4.79 Å². The van der Waals surface area contributed by atoms with Gasteiger partial charge in [-0.1, -0.05) is 37.3 Å². The first-order chi connectivity index (χ1) is 15.1. The topological polar surface area (TPSA) is 88.5 Å². The van der Waals surface area contributed by atoms with Gasteiger partial charge in [0.1, 0.15) is 16.5 Å². The second-order valence-corrected chi connectivity index (χ2v) is 8.81. The Morgan fingerprint density at radius 3 is 2.81 bits per heavy atom. The highest BCUT2D eigenvalue weighted by Crippen LogP contribution is 2.25. The van der Waals surface area contributed by atoms with E-state index in [1.54, 1.807) is 11.5 Å². The normalized spacial score (nSPS) is 10.9. The van der Waals surface area contributed by atoms with E-state index >= 15 is 0 Å². The maximum Gasteiger partial charge on any atom is 0.276 e. The van der Waals surface area contributed by atoms with E-state index in [2.05, 4.69) is 51.1 Å². The number of hydrogen-bond donors (Lipinski definition) is 2. The summed E-state index contributed by atoms with van der Waals surface area (Å²) in [5.41, 5.74) is 3.45. The monoisotopic (exact) mass is 468 g/mol. The van der Waals surface area contributed by atoms with Gasteiger partial charge in [0.25, 0.3) is 5.91 Å². The fourth-order valence-corrected chi connectivity index (χ4v) is 4.70. The third kappa shape index (κ3) is 4.87. The number of hydrogen-bond acceptors (Lipinski definition) is 7. The second kappa shape index (κ2) is 9.46. The number of nitrogens with one attached hydrogen (secondary N) is 2. The van der Waals surface area contributed by atoms with Crippen LogP contribution in [0, 0.1) is 4.77 Å². The van der Waals surface area contributed by atoms with Crippen molar-refractivity contribution in [3.63, 3.8) is 0 Å². The fraction of sp³-hybridized carbons (Fsp3) is 0.190. The van der Waals surface area contributed by atoms with Crippen LogP contribution in [0.5, 0.6) is 0 Å². The minimum Gasteiger partial charge on any atom is -0.300 e. The van der Waals surface area contributed by atoms with Crippen molar-refractivity contribution in [3.05, 3.63) is 75.2 Å². The van der Waals surface area contributed by atoms with Gasteiger partial charge in [-0.2, -0.15) is 5.10 Å². The van der Waals surface area contributed by atoms with E-state index in [0.29, 0.717) is 28.6 Å². The first-order valence-electron chi connectivity index (χ1n) is 9.63. The Labute approximate surface area is 192 Å². The molecule has 0 bridgehead atoms. The van der Waals surface area contributed by atoms with E-state index in [1.165, 1.54) is 28.2 Å². The number of anilines is 1. The lowest BCUT2D eigenvalue weighted by molar-refractivity contribution is 0.102. The second-order valence-electron chi connectivity index (χ2n) is 6.71. The lowest BCUT2D eigenvalue weighted by Crippen LogP contribution is -2.12. The summed E-state index contributed by atoms with van der Waals surface area (Å²) in [4.78, 5) is 21.6. The van der Waals surface area contributed by atoms with Gasteiger partial charge in [0, 0.05) is 22.9 Å². The van der Waals surface area contributed by atoms with Gasteiger partial charge in [-0.15, -0.1) is 29.3 Å². The first-order valence-corrected chi connectivity index (χ1v) is 11.8. The number of amides is 1. The zero-order valence-electron chi connectivity index (χ0n) is 16.8. The van der Waals surface area contributed by atoms with Gasteiger partial charge in [-0.05, 0) is 24.2 Å². The maximum atomic E-state index is 12.6. The van der Waals surface area contributed by atoms with E-state index in [0.717, 1.165) is 28.5 Å². The number of aromatic amines is 1. The predicted molar refractivity (Wildman–Crippen MR) is 127 cm³/mol. The van der Waals surface area contributed by atoms with Crippen molar-refractivity contribution >= 4 is 45.9 Å². The van der Waals surface area contributed by atoms with Crippen LogP contribution in [0.15, 0.2) is 47.7 Å². The van der Waals surface area contributed by atoms with Crippen molar-refractivity contribution in [2.24, 2.45) is 0 Å². The van der Waals surface area contributed by atoms with Crippen molar-refractivity contribution in [2.45, 2.75) is 26.3 Å². The molecule has 0 aliphatic rings. The number of carbonyl (C=O) groups is 1. The number of aryl methyl sites for hydroxylation is 1. The molecule has 0 aliphatic carbocycles. The highest BCUT2D eigenvalue weighted by Gasteiger charge is 2.15. The lowest BCUT2D eigenvalue weighted by Gasteiger charge is -2.01. The van der Waals surface area contributed by atoms with Crippen LogP contribution in [0.4, 0.5) is 5.13 Å². The smallest absolute Gasteiger partial charge is 0.276 e.